The van der Waals surface area contributed by atoms with Gasteiger partial charge in [0, 0.05) is 18.8 Å². The zero-order chi connectivity index (χ0) is 78.3. The topological polar surface area (TPSA) is 308 Å². The van der Waals surface area contributed by atoms with E-state index in [-0.39, 0.29) is 91.2 Å². The second-order valence-corrected chi connectivity index (χ2v) is 30.2. The van der Waals surface area contributed by atoms with E-state index in [1.165, 1.54) is 0 Å². The first-order chi connectivity index (χ1) is 53.3. The summed E-state index contributed by atoms with van der Waals surface area (Å²) in [5, 5.41) is 5.90. The van der Waals surface area contributed by atoms with Crippen molar-refractivity contribution in [1.82, 2.24) is 10.6 Å². The summed E-state index contributed by atoms with van der Waals surface area (Å²) in [6, 6.07) is 49.5. The largest absolute Gasteiger partial charge is 0.477 e. The van der Waals surface area contributed by atoms with Crippen molar-refractivity contribution in [2.75, 3.05) is 13.2 Å². The monoisotopic (exact) mass is 1560 g/mol. The summed E-state index contributed by atoms with van der Waals surface area (Å²) in [4.78, 5) is 85.4. The minimum atomic E-state index is -4.95. The first kappa shape index (κ1) is 86.1. The predicted octanol–water partition coefficient (Wildman–Crippen LogP) is 13.9. The summed E-state index contributed by atoms with van der Waals surface area (Å²) < 4.78 is 134. The van der Waals surface area contributed by atoms with Crippen LogP contribution in [0.5, 0.6) is 0 Å². The summed E-state index contributed by atoms with van der Waals surface area (Å²) in [7, 11) is -9.71. The normalized spacial score (nSPS) is 22.1. The van der Waals surface area contributed by atoms with Gasteiger partial charge in [-0.05, 0) is 64.6 Å². The molecule has 110 heavy (non-hydrogen) atoms. The maximum Gasteiger partial charge on any atom is 0.477 e. The van der Waals surface area contributed by atoms with Gasteiger partial charge >= 0.3 is 39.5 Å². The Labute approximate surface area is 643 Å². The van der Waals surface area contributed by atoms with Gasteiger partial charge in [0.05, 0.1) is 103 Å². The third kappa shape index (κ3) is 27.2. The number of ether oxygens (including phenoxy) is 10. The summed E-state index contributed by atoms with van der Waals surface area (Å²) in [5.41, 5.74) is 4.91. The van der Waals surface area contributed by atoms with Gasteiger partial charge in [0.15, 0.2) is 18.7 Å². The lowest BCUT2D eigenvalue weighted by Gasteiger charge is -2.48. The predicted molar refractivity (Wildman–Crippen MR) is 402 cm³/mol. The summed E-state index contributed by atoms with van der Waals surface area (Å²) in [5.74, 6) is -5.28. The van der Waals surface area contributed by atoms with E-state index in [4.69, 9.17) is 74.5 Å². The van der Waals surface area contributed by atoms with Crippen molar-refractivity contribution in [2.45, 2.75) is 239 Å². The number of hydrogen-bond acceptors (Lipinski definition) is 24. The molecule has 26 nitrogen and oxygen atoms in total. The van der Waals surface area contributed by atoms with E-state index in [9.17, 15) is 19.2 Å². The van der Waals surface area contributed by atoms with Crippen LogP contribution in [0, 0.1) is 5.92 Å². The number of hydrogen-bond donors (Lipinski definition) is 2. The third-order valence-electron chi connectivity index (χ3n) is 18.8. The van der Waals surface area contributed by atoms with Gasteiger partial charge in [-0.3, -0.25) is 55.9 Å². The average Bonchev–Trinajstić information content (AvgIpc) is 0.850. The number of rotatable bonds is 43. The van der Waals surface area contributed by atoms with Gasteiger partial charge in [0.1, 0.15) is 42.6 Å². The van der Waals surface area contributed by atoms with Gasteiger partial charge in [-0.15, -0.1) is 0 Å². The van der Waals surface area contributed by atoms with Crippen LogP contribution >= 0.6 is 15.6 Å². The van der Waals surface area contributed by atoms with Crippen molar-refractivity contribution in [3.63, 3.8) is 0 Å². The Hall–Kier alpha value is -7.88. The number of phosphoric ester groups is 2. The molecule has 2 saturated heterocycles. The van der Waals surface area contributed by atoms with E-state index >= 15 is 18.7 Å². The zero-order valence-electron chi connectivity index (χ0n) is 63.5. The Kier molecular flexibility index (Phi) is 34.7. The molecule has 596 valence electrons. The van der Waals surface area contributed by atoms with Crippen LogP contribution in [0.3, 0.4) is 0 Å². The quantitative estimate of drug-likeness (QED) is 0.0204. The highest BCUT2D eigenvalue weighted by Gasteiger charge is 2.56. The van der Waals surface area contributed by atoms with E-state index < -0.39 is 156 Å². The van der Waals surface area contributed by atoms with Gasteiger partial charge in [-0.1, -0.05) is 224 Å². The molecule has 14 atom stereocenters. The molecular weight excluding hydrogens is 1460 g/mol. The second-order valence-electron chi connectivity index (χ2n) is 27.0. The number of phosphoric acid groups is 2. The molecular formula is C82H104N2O24P2. The molecule has 0 aliphatic carbocycles. The number of fused-ring (bicyclic) bond motifs is 1. The maximum atomic E-state index is 15.8. The van der Waals surface area contributed by atoms with Crippen molar-refractivity contribution in [1.29, 1.82) is 0 Å². The molecule has 0 saturated carbocycles. The average molecular weight is 1560 g/mol. The molecule has 2 fully saturated rings. The fourth-order valence-electron chi connectivity index (χ4n) is 12.4. The number of carbonyl (C=O) groups excluding carboxylic acids is 6. The SMILES string of the molecule is CCC(=O)O[C@H](CC)CC(=O)NC1[C@H](OP(=O)(OCc2ccccc2)OCc2ccccc2)OC(CO[C@@H]2OC(COCc3ccccc3)[C@H](OP3(=O)OCc4ccccc4CO3)[C@H](OC(=O)C[C@H](CC)OCc3ccccc3)C2NC(=O)C[C@@H](CC)OC(=O)CC)[C@H](C)[C@@H]1OC(=O)C[C@H](CC)OCc1ccccc1. The number of nitrogens with one attached hydrogen (secondary N) is 2. The highest BCUT2D eigenvalue weighted by Crippen LogP contribution is 2.56. The van der Waals surface area contributed by atoms with Gasteiger partial charge in [0.2, 0.25) is 11.8 Å². The fourth-order valence-corrected chi connectivity index (χ4v) is 15.0. The van der Waals surface area contributed by atoms with Gasteiger partial charge in [-0.25, -0.2) is 9.13 Å². The summed E-state index contributed by atoms with van der Waals surface area (Å²) in [6.07, 6.45) is -15.0. The Morgan fingerprint density at radius 3 is 1.27 bits per heavy atom. The highest BCUT2D eigenvalue weighted by molar-refractivity contribution is 7.48. The molecule has 3 heterocycles. The Balaban J connectivity index is 1.14. The molecule has 6 aromatic carbocycles. The molecule has 2 N–H and O–H groups in total. The lowest BCUT2D eigenvalue weighted by atomic mass is 9.88. The molecule has 4 unspecified atom stereocenters. The lowest BCUT2D eigenvalue weighted by molar-refractivity contribution is -0.293. The summed E-state index contributed by atoms with van der Waals surface area (Å²) in [6.45, 7) is 10.3. The molecule has 0 bridgehead atoms. The molecule has 3 aliphatic rings. The van der Waals surface area contributed by atoms with Crippen LogP contribution in [0.4, 0.5) is 0 Å². The van der Waals surface area contributed by atoms with Crippen LogP contribution in [-0.4, -0.2) is 129 Å². The van der Waals surface area contributed by atoms with Gasteiger partial charge < -0.3 is 58.0 Å². The van der Waals surface area contributed by atoms with Crippen molar-refractivity contribution < 1.29 is 112 Å². The molecule has 0 spiro atoms. The molecule has 0 aromatic heterocycles. The fraction of sp³-hybridized carbons (Fsp3) is 0.488. The van der Waals surface area contributed by atoms with Crippen molar-refractivity contribution >= 4 is 51.3 Å². The van der Waals surface area contributed by atoms with Crippen LogP contribution in [0.1, 0.15) is 152 Å². The molecule has 6 aromatic rings. The molecule has 28 heteroatoms. The van der Waals surface area contributed by atoms with Crippen molar-refractivity contribution in [3.05, 3.63) is 215 Å². The first-order valence-corrected chi connectivity index (χ1v) is 40.7. The van der Waals surface area contributed by atoms with Crippen LogP contribution in [0.25, 0.3) is 0 Å². The smallest absolute Gasteiger partial charge is 0.462 e. The van der Waals surface area contributed by atoms with Crippen molar-refractivity contribution in [2.24, 2.45) is 5.92 Å². The van der Waals surface area contributed by atoms with Crippen LogP contribution in [0.2, 0.25) is 0 Å². The Morgan fingerprint density at radius 2 is 0.845 bits per heavy atom. The number of carbonyl (C=O) groups is 6. The Bertz CT molecular complexity index is 3830. The number of benzene rings is 6. The lowest BCUT2D eigenvalue weighted by Crippen LogP contribution is -2.67. The van der Waals surface area contributed by atoms with Gasteiger partial charge in [0.25, 0.3) is 0 Å². The standard InChI is InChI=1S/C82H104N2O24P2/c1-8-64(94-48-58-33-21-15-22-34-58)45-74(89)105-78-56(7)68(103-82(76(78)83-70(85)43-66(10-3)101-72(87)12-5)108-110(92,97-50-60-37-25-17-26-38-60)98-51-61-39-27-18-28-40-61)55-96-81-77(84-71(86)44-67(11-4)102-73(88)13-6)80(106-75(90)46-65(9-2)95-49-59-35-23-16-24-36-59)79(69(104-81)54-93-47-57-31-19-14-20-32-57)107-109(91)99-52-62-41-29-30-42-63(62)53-100-109/h14-42,56,64-69,76-82H,8-13,43-55H2,1-7H3,(H,83,85)(H,84,86)/t56-,64-,65-,66+,67+,68?,69?,76?,77?,78-,79-,80+,81+,82-/m0/s1. The van der Waals surface area contributed by atoms with Gasteiger partial charge in [-0.2, -0.15) is 0 Å². The van der Waals surface area contributed by atoms with E-state index in [1.54, 1.807) is 120 Å². The van der Waals surface area contributed by atoms with Crippen LogP contribution < -0.4 is 10.6 Å². The minimum absolute atomic E-state index is 0.00287. The molecule has 3 aliphatic heterocycles. The van der Waals surface area contributed by atoms with Crippen molar-refractivity contribution in [3.8, 4) is 0 Å². The second kappa shape index (κ2) is 44.4. The molecule has 9 rings (SSSR count). The minimum Gasteiger partial charge on any atom is -0.462 e. The third-order valence-corrected chi connectivity index (χ3v) is 21.6. The maximum absolute atomic E-state index is 15.8. The van der Waals surface area contributed by atoms with E-state index in [0.29, 0.717) is 35.1 Å². The van der Waals surface area contributed by atoms with Crippen LogP contribution in [0.15, 0.2) is 176 Å². The highest BCUT2D eigenvalue weighted by atomic mass is 31.2. The Morgan fingerprint density at radius 1 is 0.455 bits per heavy atom. The molecule has 2 amide bonds. The van der Waals surface area contributed by atoms with E-state index in [2.05, 4.69) is 10.6 Å². The first-order valence-electron chi connectivity index (χ1n) is 37.8. The van der Waals surface area contributed by atoms with E-state index in [0.717, 1.165) is 16.7 Å². The summed E-state index contributed by atoms with van der Waals surface area (Å²) >= 11 is 0. The number of amides is 2. The molecule has 0 radical (unpaired) electrons. The zero-order valence-corrected chi connectivity index (χ0v) is 65.2. The van der Waals surface area contributed by atoms with Crippen LogP contribution in [-0.2, 0) is 159 Å². The number of esters is 4. The van der Waals surface area contributed by atoms with E-state index in [1.807, 2.05) is 105 Å².